The van der Waals surface area contributed by atoms with Crippen LogP contribution in [0.25, 0.3) is 11.0 Å². The number of para-hydroxylation sites is 1. The summed E-state index contributed by atoms with van der Waals surface area (Å²) in [5, 5.41) is 11.2. The summed E-state index contributed by atoms with van der Waals surface area (Å²) in [6.07, 6.45) is 0. The Kier molecular flexibility index (Phi) is 7.80. The van der Waals surface area contributed by atoms with Crippen LogP contribution < -0.4 is 19.5 Å². The fourth-order valence-electron chi connectivity index (χ4n) is 4.06. The number of ether oxygens (including phenoxy) is 3. The van der Waals surface area contributed by atoms with Crippen molar-refractivity contribution in [3.8, 4) is 17.2 Å². The summed E-state index contributed by atoms with van der Waals surface area (Å²) in [4.78, 5) is 29.0. The van der Waals surface area contributed by atoms with Gasteiger partial charge in [-0.3, -0.25) is 9.59 Å². The molecule has 0 saturated heterocycles. The quantitative estimate of drug-likeness (QED) is 0.340. The van der Waals surface area contributed by atoms with E-state index in [2.05, 4.69) is 15.6 Å². The van der Waals surface area contributed by atoms with Crippen LogP contribution in [0.15, 0.2) is 66.7 Å². The molecule has 0 unspecified atom stereocenters. The number of carbonyl (C=O) groups is 2. The van der Waals surface area contributed by atoms with Crippen LogP contribution in [0.5, 0.6) is 17.2 Å². The van der Waals surface area contributed by atoms with Crippen LogP contribution in [-0.4, -0.2) is 58.6 Å². The number of rotatable bonds is 10. The second-order valence-electron chi connectivity index (χ2n) is 9.14. The Labute approximate surface area is 221 Å². The van der Waals surface area contributed by atoms with Gasteiger partial charge >= 0.3 is 0 Å². The maximum absolute atomic E-state index is 13.8. The van der Waals surface area contributed by atoms with E-state index in [0.717, 1.165) is 11.1 Å². The molecule has 0 bridgehead atoms. The second kappa shape index (κ2) is 11.2. The Morgan fingerprint density at radius 1 is 0.921 bits per heavy atom. The van der Waals surface area contributed by atoms with E-state index in [1.807, 2.05) is 48.5 Å². The van der Waals surface area contributed by atoms with E-state index in [1.54, 1.807) is 50.9 Å². The van der Waals surface area contributed by atoms with Gasteiger partial charge in [-0.15, -0.1) is 5.10 Å². The molecule has 0 spiro atoms. The molecule has 10 nitrogen and oxygen atoms in total. The van der Waals surface area contributed by atoms with Gasteiger partial charge in [-0.2, -0.15) is 0 Å². The van der Waals surface area contributed by atoms with Crippen LogP contribution >= 0.6 is 0 Å². The third kappa shape index (κ3) is 5.54. The molecule has 0 aliphatic carbocycles. The molecule has 0 saturated carbocycles. The number of fused-ring (bicyclic) bond motifs is 1. The first kappa shape index (κ1) is 26.5. The highest BCUT2D eigenvalue weighted by Gasteiger charge is 2.38. The Balaban J connectivity index is 1.64. The first-order chi connectivity index (χ1) is 18.3. The van der Waals surface area contributed by atoms with Gasteiger partial charge in [-0.05, 0) is 55.8 Å². The molecule has 1 N–H and O–H groups in total. The number of methoxy groups -OCH3 is 3. The number of hydrogen-bond acceptors (Lipinski definition) is 7. The molecule has 0 aliphatic heterocycles. The van der Waals surface area contributed by atoms with Crippen LogP contribution in [0.1, 0.15) is 19.4 Å². The molecule has 10 heteroatoms. The van der Waals surface area contributed by atoms with E-state index < -0.39 is 5.54 Å². The predicted octanol–water partition coefficient (Wildman–Crippen LogP) is 3.90. The highest BCUT2D eigenvalue weighted by Crippen LogP contribution is 2.31. The molecule has 1 aromatic heterocycles. The molecular weight excluding hydrogens is 486 g/mol. The molecule has 0 fully saturated rings. The smallest absolute Gasteiger partial charge is 0.249 e. The summed E-state index contributed by atoms with van der Waals surface area (Å²) in [5.41, 5.74) is 1.47. The summed E-state index contributed by atoms with van der Waals surface area (Å²) >= 11 is 0. The van der Waals surface area contributed by atoms with Crippen LogP contribution in [0.3, 0.4) is 0 Å². The van der Waals surface area contributed by atoms with E-state index in [1.165, 1.54) is 12.0 Å². The first-order valence-corrected chi connectivity index (χ1v) is 12.0. The SMILES string of the molecule is COc1ccc(CN(C(=O)Cn2nnc3ccccc32)C(C)(C)C(=O)Nc2ccc(OC)cc2OC)cc1. The van der Waals surface area contributed by atoms with E-state index in [0.29, 0.717) is 28.5 Å². The van der Waals surface area contributed by atoms with Crippen LogP contribution in [0.2, 0.25) is 0 Å². The molecule has 38 heavy (non-hydrogen) atoms. The lowest BCUT2D eigenvalue weighted by atomic mass is 9.99. The summed E-state index contributed by atoms with van der Waals surface area (Å²) in [6.45, 7) is 3.52. The zero-order valence-electron chi connectivity index (χ0n) is 22.1. The molecule has 0 aliphatic rings. The fraction of sp³-hybridized carbons (Fsp3) is 0.286. The third-order valence-electron chi connectivity index (χ3n) is 6.39. The standard InChI is InChI=1S/C28H31N5O5/c1-28(2,27(35)29-23-15-14-21(37-4)16-25(23)38-5)32(17-19-10-12-20(36-3)13-11-19)26(34)18-33-24-9-7-6-8-22(24)30-31-33/h6-16H,17-18H2,1-5H3,(H,29,35). The minimum absolute atomic E-state index is 0.0841. The van der Waals surface area contributed by atoms with Gasteiger partial charge in [0.05, 0.1) is 32.5 Å². The van der Waals surface area contributed by atoms with Gasteiger partial charge < -0.3 is 24.4 Å². The van der Waals surface area contributed by atoms with Crippen molar-refractivity contribution in [2.24, 2.45) is 0 Å². The Morgan fingerprint density at radius 2 is 1.61 bits per heavy atom. The van der Waals surface area contributed by atoms with Crippen molar-refractivity contribution in [3.63, 3.8) is 0 Å². The molecule has 0 radical (unpaired) electrons. The molecule has 198 valence electrons. The normalized spacial score (nSPS) is 11.2. The highest BCUT2D eigenvalue weighted by molar-refractivity contribution is 6.01. The number of benzene rings is 3. The minimum atomic E-state index is -1.25. The molecule has 4 rings (SSSR count). The van der Waals surface area contributed by atoms with Crippen molar-refractivity contribution >= 4 is 28.5 Å². The lowest BCUT2D eigenvalue weighted by molar-refractivity contribution is -0.145. The minimum Gasteiger partial charge on any atom is -0.497 e. The number of hydrogen-bond donors (Lipinski definition) is 1. The first-order valence-electron chi connectivity index (χ1n) is 12.0. The van der Waals surface area contributed by atoms with Gasteiger partial charge in [-0.1, -0.05) is 29.5 Å². The van der Waals surface area contributed by atoms with Gasteiger partial charge in [0.15, 0.2) is 0 Å². The molecule has 0 atom stereocenters. The number of aromatic nitrogens is 3. The van der Waals surface area contributed by atoms with Crippen molar-refractivity contribution in [1.29, 1.82) is 0 Å². The zero-order valence-corrected chi connectivity index (χ0v) is 22.1. The van der Waals surface area contributed by atoms with E-state index >= 15 is 0 Å². The Bertz CT molecular complexity index is 1430. The monoisotopic (exact) mass is 517 g/mol. The van der Waals surface area contributed by atoms with Crippen molar-refractivity contribution in [2.75, 3.05) is 26.6 Å². The van der Waals surface area contributed by atoms with Crippen LogP contribution in [0.4, 0.5) is 5.69 Å². The maximum atomic E-state index is 13.8. The fourth-order valence-corrected chi connectivity index (χ4v) is 4.06. The summed E-state index contributed by atoms with van der Waals surface area (Å²) in [5.74, 6) is 1.06. The van der Waals surface area contributed by atoms with Gasteiger partial charge in [-0.25, -0.2) is 4.68 Å². The maximum Gasteiger partial charge on any atom is 0.249 e. The average molecular weight is 518 g/mol. The highest BCUT2D eigenvalue weighted by atomic mass is 16.5. The summed E-state index contributed by atoms with van der Waals surface area (Å²) in [6, 6.07) is 19.9. The number of nitrogens with zero attached hydrogens (tertiary/aromatic N) is 4. The molecule has 1 heterocycles. The van der Waals surface area contributed by atoms with Gasteiger partial charge in [0.25, 0.3) is 0 Å². The van der Waals surface area contributed by atoms with Crippen molar-refractivity contribution in [3.05, 3.63) is 72.3 Å². The summed E-state index contributed by atoms with van der Waals surface area (Å²) in [7, 11) is 4.66. The van der Waals surface area contributed by atoms with E-state index in [4.69, 9.17) is 14.2 Å². The number of nitrogens with one attached hydrogen (secondary N) is 1. The van der Waals surface area contributed by atoms with Gasteiger partial charge in [0.1, 0.15) is 34.8 Å². The number of amides is 2. The van der Waals surface area contributed by atoms with Gasteiger partial charge in [0, 0.05) is 12.6 Å². The van der Waals surface area contributed by atoms with Crippen molar-refractivity contribution < 1.29 is 23.8 Å². The van der Waals surface area contributed by atoms with E-state index in [9.17, 15) is 9.59 Å². The molecule has 4 aromatic rings. The third-order valence-corrected chi connectivity index (χ3v) is 6.39. The number of anilines is 1. The average Bonchev–Trinajstić information content (AvgIpc) is 3.34. The van der Waals surface area contributed by atoms with Crippen LogP contribution in [-0.2, 0) is 22.7 Å². The van der Waals surface area contributed by atoms with Crippen molar-refractivity contribution in [1.82, 2.24) is 19.9 Å². The lowest BCUT2D eigenvalue weighted by Crippen LogP contribution is -2.55. The Morgan fingerprint density at radius 3 is 2.29 bits per heavy atom. The largest absolute Gasteiger partial charge is 0.497 e. The van der Waals surface area contributed by atoms with Crippen LogP contribution in [0, 0.1) is 0 Å². The predicted molar refractivity (Wildman–Crippen MR) is 143 cm³/mol. The molecular formula is C28H31N5O5. The number of carbonyl (C=O) groups excluding carboxylic acids is 2. The van der Waals surface area contributed by atoms with Gasteiger partial charge in [0.2, 0.25) is 11.8 Å². The molecule has 2 amide bonds. The topological polar surface area (TPSA) is 108 Å². The summed E-state index contributed by atoms with van der Waals surface area (Å²) < 4.78 is 17.5. The van der Waals surface area contributed by atoms with Crippen molar-refractivity contribution in [2.45, 2.75) is 32.5 Å². The molecule has 3 aromatic carbocycles. The second-order valence-corrected chi connectivity index (χ2v) is 9.14. The lowest BCUT2D eigenvalue weighted by Gasteiger charge is -2.37. The Hall–Kier alpha value is -4.60. The zero-order chi connectivity index (χ0) is 27.3. The van der Waals surface area contributed by atoms with E-state index in [-0.39, 0.29) is 24.9 Å².